The van der Waals surface area contributed by atoms with Gasteiger partial charge in [0.25, 0.3) is 11.6 Å². The summed E-state index contributed by atoms with van der Waals surface area (Å²) in [6.07, 6.45) is 1.15. The minimum absolute atomic E-state index is 0.0539. The van der Waals surface area contributed by atoms with Crippen LogP contribution in [0.4, 0.5) is 11.4 Å². The molecule has 0 unspecified atom stereocenters. The number of non-ortho nitro benzene ring substituents is 1. The van der Waals surface area contributed by atoms with Crippen LogP contribution in [-0.4, -0.2) is 28.4 Å². The van der Waals surface area contributed by atoms with E-state index >= 15 is 0 Å². The van der Waals surface area contributed by atoms with Gasteiger partial charge in [-0.3, -0.25) is 19.7 Å². The number of carbonyl (C=O) groups is 2. The van der Waals surface area contributed by atoms with E-state index in [4.69, 9.17) is 10.00 Å². The molecular formula is C15H10N4O6. The van der Waals surface area contributed by atoms with Crippen molar-refractivity contribution in [1.82, 2.24) is 4.98 Å². The fraction of sp³-hybridized carbons (Fsp3) is 0.0667. The van der Waals surface area contributed by atoms with Crippen LogP contribution < -0.4 is 10.9 Å². The number of nitro benzene ring substituents is 1. The van der Waals surface area contributed by atoms with Gasteiger partial charge >= 0.3 is 5.97 Å². The number of esters is 1. The number of amides is 1. The Kier molecular flexibility index (Phi) is 5.22. The van der Waals surface area contributed by atoms with Crippen LogP contribution in [0.2, 0.25) is 0 Å². The molecule has 0 saturated heterocycles. The first-order valence-electron chi connectivity index (χ1n) is 6.75. The topological polar surface area (TPSA) is 155 Å². The molecule has 10 nitrogen and oxygen atoms in total. The molecule has 1 heterocycles. The third-order valence-corrected chi connectivity index (χ3v) is 2.96. The number of hydrogen-bond donors (Lipinski definition) is 2. The normalized spacial score (nSPS) is 9.72. The van der Waals surface area contributed by atoms with E-state index in [-0.39, 0.29) is 22.5 Å². The Morgan fingerprint density at radius 2 is 2.08 bits per heavy atom. The molecule has 0 spiro atoms. The smallest absolute Gasteiger partial charge is 0.340 e. The van der Waals surface area contributed by atoms with Crippen molar-refractivity contribution in [2.45, 2.75) is 0 Å². The number of anilines is 1. The molecule has 2 N–H and O–H groups in total. The van der Waals surface area contributed by atoms with Crippen molar-refractivity contribution in [2.75, 3.05) is 11.9 Å². The van der Waals surface area contributed by atoms with Gasteiger partial charge in [0.1, 0.15) is 6.07 Å². The minimum Gasteiger partial charge on any atom is -0.452 e. The number of carbonyl (C=O) groups excluding carboxylic acids is 2. The Hall–Kier alpha value is -4.00. The summed E-state index contributed by atoms with van der Waals surface area (Å²) in [5, 5.41) is 22.0. The summed E-state index contributed by atoms with van der Waals surface area (Å²) >= 11 is 0. The van der Waals surface area contributed by atoms with Crippen molar-refractivity contribution in [2.24, 2.45) is 0 Å². The van der Waals surface area contributed by atoms with E-state index in [0.717, 1.165) is 24.4 Å². The van der Waals surface area contributed by atoms with Gasteiger partial charge in [-0.15, -0.1) is 0 Å². The van der Waals surface area contributed by atoms with Gasteiger partial charge in [0.2, 0.25) is 5.56 Å². The molecule has 1 aromatic heterocycles. The molecule has 126 valence electrons. The average Bonchev–Trinajstić information content (AvgIpc) is 2.60. The summed E-state index contributed by atoms with van der Waals surface area (Å²) < 4.78 is 4.77. The van der Waals surface area contributed by atoms with Crippen LogP contribution >= 0.6 is 0 Å². The van der Waals surface area contributed by atoms with E-state index in [1.54, 1.807) is 6.07 Å². The van der Waals surface area contributed by atoms with E-state index < -0.39 is 29.0 Å². The standard InChI is InChI=1S/C15H10N4O6/c16-6-10-5-11(19(23)24)2-3-12(10)18-14(21)8-25-15(22)9-1-4-13(20)17-7-9/h1-5,7H,8H2,(H,17,20)(H,18,21). The number of nitrogens with zero attached hydrogens (tertiary/aromatic N) is 2. The predicted molar refractivity (Wildman–Crippen MR) is 83.8 cm³/mol. The lowest BCUT2D eigenvalue weighted by Gasteiger charge is -2.08. The molecule has 1 aromatic carbocycles. The van der Waals surface area contributed by atoms with Gasteiger partial charge in [-0.1, -0.05) is 0 Å². The van der Waals surface area contributed by atoms with E-state index in [0.29, 0.717) is 0 Å². The SMILES string of the molecule is N#Cc1cc([N+](=O)[O-])ccc1NC(=O)COC(=O)c1ccc(=O)[nH]c1. The molecule has 0 bridgehead atoms. The highest BCUT2D eigenvalue weighted by molar-refractivity contribution is 5.96. The number of nitriles is 1. The van der Waals surface area contributed by atoms with Crippen molar-refractivity contribution in [3.8, 4) is 6.07 Å². The van der Waals surface area contributed by atoms with Crippen LogP contribution in [0, 0.1) is 21.4 Å². The van der Waals surface area contributed by atoms with Crippen LogP contribution in [0.15, 0.2) is 41.3 Å². The maximum Gasteiger partial charge on any atom is 0.340 e. The summed E-state index contributed by atoms with van der Waals surface area (Å²) in [7, 11) is 0. The maximum absolute atomic E-state index is 11.8. The number of aromatic amines is 1. The number of H-pyrrole nitrogens is 1. The third-order valence-electron chi connectivity index (χ3n) is 2.96. The van der Waals surface area contributed by atoms with Crippen LogP contribution in [0.3, 0.4) is 0 Å². The summed E-state index contributed by atoms with van der Waals surface area (Å²) in [4.78, 5) is 46.7. The molecule has 0 aliphatic rings. The zero-order chi connectivity index (χ0) is 18.4. The number of aromatic nitrogens is 1. The van der Waals surface area contributed by atoms with Crippen molar-refractivity contribution in [1.29, 1.82) is 5.26 Å². The van der Waals surface area contributed by atoms with Crippen LogP contribution in [0.5, 0.6) is 0 Å². The van der Waals surface area contributed by atoms with Crippen LogP contribution in [-0.2, 0) is 9.53 Å². The highest BCUT2D eigenvalue weighted by Gasteiger charge is 2.14. The summed E-state index contributed by atoms with van der Waals surface area (Å²) in [6.45, 7) is -0.639. The summed E-state index contributed by atoms with van der Waals surface area (Å²) in [6, 6.07) is 7.45. The molecule has 0 atom stereocenters. The quantitative estimate of drug-likeness (QED) is 0.465. The molecule has 0 aliphatic carbocycles. The first-order valence-corrected chi connectivity index (χ1v) is 6.75. The second-order valence-corrected chi connectivity index (χ2v) is 4.66. The maximum atomic E-state index is 11.8. The average molecular weight is 342 g/mol. The van der Waals surface area contributed by atoms with Gasteiger partial charge in [-0.25, -0.2) is 4.79 Å². The number of ether oxygens (including phenoxy) is 1. The highest BCUT2D eigenvalue weighted by Crippen LogP contribution is 2.21. The van der Waals surface area contributed by atoms with Gasteiger partial charge in [0, 0.05) is 24.4 Å². The van der Waals surface area contributed by atoms with Gasteiger partial charge in [-0.05, 0) is 12.1 Å². The Bertz CT molecular complexity index is 923. The van der Waals surface area contributed by atoms with E-state index in [1.165, 1.54) is 12.1 Å². The Labute approximate surface area is 139 Å². The molecule has 1 amide bonds. The lowest BCUT2D eigenvalue weighted by atomic mass is 10.1. The van der Waals surface area contributed by atoms with E-state index in [9.17, 15) is 24.5 Å². The zero-order valence-corrected chi connectivity index (χ0v) is 12.5. The van der Waals surface area contributed by atoms with Crippen molar-refractivity contribution in [3.05, 3.63) is 68.1 Å². The molecule has 0 aliphatic heterocycles. The Morgan fingerprint density at radius 3 is 2.68 bits per heavy atom. The molecule has 2 rings (SSSR count). The third kappa shape index (κ3) is 4.49. The monoisotopic (exact) mass is 342 g/mol. The Balaban J connectivity index is 1.99. The summed E-state index contributed by atoms with van der Waals surface area (Å²) in [5.74, 6) is -1.56. The second kappa shape index (κ2) is 7.51. The fourth-order valence-corrected chi connectivity index (χ4v) is 1.79. The Morgan fingerprint density at radius 1 is 1.32 bits per heavy atom. The number of nitrogens with one attached hydrogen (secondary N) is 2. The van der Waals surface area contributed by atoms with Crippen LogP contribution in [0.25, 0.3) is 0 Å². The molecule has 2 aromatic rings. The number of nitro groups is 1. The number of benzene rings is 1. The van der Waals surface area contributed by atoms with Crippen molar-refractivity contribution in [3.63, 3.8) is 0 Å². The van der Waals surface area contributed by atoms with Gasteiger partial charge in [-0.2, -0.15) is 5.26 Å². The first kappa shape index (κ1) is 17.4. The first-order chi connectivity index (χ1) is 11.9. The molecule has 25 heavy (non-hydrogen) atoms. The van der Waals surface area contributed by atoms with Gasteiger partial charge < -0.3 is 15.0 Å². The molecule has 0 fully saturated rings. The number of rotatable bonds is 5. The molecule has 0 radical (unpaired) electrons. The van der Waals surface area contributed by atoms with Crippen LogP contribution in [0.1, 0.15) is 15.9 Å². The van der Waals surface area contributed by atoms with E-state index in [2.05, 4.69) is 10.3 Å². The van der Waals surface area contributed by atoms with Crippen molar-refractivity contribution < 1.29 is 19.2 Å². The largest absolute Gasteiger partial charge is 0.452 e. The van der Waals surface area contributed by atoms with Crippen molar-refractivity contribution >= 4 is 23.3 Å². The lowest BCUT2D eigenvalue weighted by Crippen LogP contribution is -2.21. The number of pyridine rings is 1. The highest BCUT2D eigenvalue weighted by atomic mass is 16.6. The zero-order valence-electron chi connectivity index (χ0n) is 12.5. The van der Waals surface area contributed by atoms with Gasteiger partial charge in [0.05, 0.1) is 21.7 Å². The molecule has 0 saturated carbocycles. The minimum atomic E-state index is -0.824. The lowest BCUT2D eigenvalue weighted by molar-refractivity contribution is -0.384. The molecule has 10 heteroatoms. The predicted octanol–water partition coefficient (Wildman–Crippen LogP) is 0.950. The molecular weight excluding hydrogens is 332 g/mol. The summed E-state index contributed by atoms with van der Waals surface area (Å²) in [5.41, 5.74) is -0.677. The fourth-order valence-electron chi connectivity index (χ4n) is 1.79. The van der Waals surface area contributed by atoms with Gasteiger partial charge in [0.15, 0.2) is 6.61 Å². The second-order valence-electron chi connectivity index (χ2n) is 4.66. The van der Waals surface area contributed by atoms with E-state index in [1.807, 2.05) is 0 Å². The number of hydrogen-bond acceptors (Lipinski definition) is 7.